The quantitative estimate of drug-likeness (QED) is 0.774. The topological polar surface area (TPSA) is 78.0 Å². The van der Waals surface area contributed by atoms with Gasteiger partial charge in [-0.25, -0.2) is 9.97 Å². The SMILES string of the molecule is Cc1n[nH]c(C)c1C(=O)N1CCN(c2ccc3ncncc3c2)CC1. The van der Waals surface area contributed by atoms with E-state index in [1.165, 1.54) is 0 Å². The fourth-order valence-corrected chi connectivity index (χ4v) is 3.36. The maximum atomic E-state index is 12.8. The number of aryl methyl sites for hydroxylation is 2. The van der Waals surface area contributed by atoms with Crippen LogP contribution in [0.25, 0.3) is 10.9 Å². The summed E-state index contributed by atoms with van der Waals surface area (Å²) in [5.41, 5.74) is 4.39. The third kappa shape index (κ3) is 2.82. The average molecular weight is 336 g/mol. The number of amides is 1. The van der Waals surface area contributed by atoms with E-state index < -0.39 is 0 Å². The number of rotatable bonds is 2. The average Bonchev–Trinajstić information content (AvgIpc) is 2.99. The molecule has 1 amide bonds. The van der Waals surface area contributed by atoms with Crippen LogP contribution in [0.5, 0.6) is 0 Å². The highest BCUT2D eigenvalue weighted by Gasteiger charge is 2.25. The molecule has 0 aliphatic carbocycles. The van der Waals surface area contributed by atoms with E-state index in [0.29, 0.717) is 18.7 Å². The Labute approximate surface area is 145 Å². The molecule has 25 heavy (non-hydrogen) atoms. The van der Waals surface area contributed by atoms with Crippen molar-refractivity contribution < 1.29 is 4.79 Å². The zero-order valence-corrected chi connectivity index (χ0v) is 14.4. The van der Waals surface area contributed by atoms with Gasteiger partial charge in [0.1, 0.15) is 6.33 Å². The summed E-state index contributed by atoms with van der Waals surface area (Å²) in [6.45, 7) is 6.77. The summed E-state index contributed by atoms with van der Waals surface area (Å²) < 4.78 is 0. The second-order valence-corrected chi connectivity index (χ2v) is 6.35. The Morgan fingerprint density at radius 1 is 1.16 bits per heavy atom. The summed E-state index contributed by atoms with van der Waals surface area (Å²) in [6.07, 6.45) is 3.39. The van der Waals surface area contributed by atoms with Crippen LogP contribution < -0.4 is 4.90 Å². The monoisotopic (exact) mass is 336 g/mol. The van der Waals surface area contributed by atoms with Crippen molar-refractivity contribution in [1.29, 1.82) is 0 Å². The van der Waals surface area contributed by atoms with Crippen LogP contribution in [0.15, 0.2) is 30.7 Å². The predicted molar refractivity (Wildman–Crippen MR) is 95.7 cm³/mol. The molecule has 1 N–H and O–H groups in total. The summed E-state index contributed by atoms with van der Waals surface area (Å²) in [5.74, 6) is 0.0651. The molecule has 0 spiro atoms. The number of benzene rings is 1. The van der Waals surface area contributed by atoms with E-state index in [1.54, 1.807) is 6.33 Å². The molecule has 7 heteroatoms. The van der Waals surface area contributed by atoms with Crippen LogP contribution in [0, 0.1) is 13.8 Å². The molecule has 2 aromatic heterocycles. The van der Waals surface area contributed by atoms with Crippen LogP contribution in [-0.4, -0.2) is 57.2 Å². The Balaban J connectivity index is 1.48. The molecule has 0 unspecified atom stereocenters. The van der Waals surface area contributed by atoms with Gasteiger partial charge in [-0.1, -0.05) is 0 Å². The summed E-state index contributed by atoms with van der Waals surface area (Å²) in [7, 11) is 0. The van der Waals surface area contributed by atoms with Gasteiger partial charge in [0.2, 0.25) is 0 Å². The number of fused-ring (bicyclic) bond motifs is 1. The molecule has 7 nitrogen and oxygen atoms in total. The molecule has 1 aliphatic rings. The van der Waals surface area contributed by atoms with E-state index in [1.807, 2.05) is 31.0 Å². The van der Waals surface area contributed by atoms with E-state index in [0.717, 1.165) is 41.1 Å². The van der Waals surface area contributed by atoms with Gasteiger partial charge in [0.25, 0.3) is 5.91 Å². The molecule has 1 aliphatic heterocycles. The molecule has 4 rings (SSSR count). The molecule has 1 aromatic carbocycles. The van der Waals surface area contributed by atoms with Crippen LogP contribution in [0.2, 0.25) is 0 Å². The number of hydrogen-bond acceptors (Lipinski definition) is 5. The summed E-state index contributed by atoms with van der Waals surface area (Å²) in [4.78, 5) is 25.3. The standard InChI is InChI=1S/C18H20N6O/c1-12-17(13(2)22-21-12)18(25)24-7-5-23(6-8-24)15-3-4-16-14(9-15)10-19-11-20-16/h3-4,9-11H,5-8H2,1-2H3,(H,21,22). The van der Waals surface area contributed by atoms with Crippen molar-refractivity contribution in [3.05, 3.63) is 47.7 Å². The first-order chi connectivity index (χ1) is 12.1. The Morgan fingerprint density at radius 3 is 2.68 bits per heavy atom. The number of piperazine rings is 1. The van der Waals surface area contributed by atoms with E-state index in [2.05, 4.69) is 37.2 Å². The Kier molecular flexibility index (Phi) is 3.83. The van der Waals surface area contributed by atoms with Crippen LogP contribution in [0.4, 0.5) is 5.69 Å². The summed E-state index contributed by atoms with van der Waals surface area (Å²) in [5, 5.41) is 8.05. The van der Waals surface area contributed by atoms with Crippen molar-refractivity contribution in [3.63, 3.8) is 0 Å². The number of hydrogen-bond donors (Lipinski definition) is 1. The first-order valence-electron chi connectivity index (χ1n) is 8.39. The highest BCUT2D eigenvalue weighted by atomic mass is 16.2. The fraction of sp³-hybridized carbons (Fsp3) is 0.333. The lowest BCUT2D eigenvalue weighted by molar-refractivity contribution is 0.0745. The molecule has 128 valence electrons. The van der Waals surface area contributed by atoms with E-state index >= 15 is 0 Å². The van der Waals surface area contributed by atoms with Gasteiger partial charge in [-0.3, -0.25) is 9.89 Å². The number of H-pyrrole nitrogens is 1. The van der Waals surface area contributed by atoms with Crippen molar-refractivity contribution in [3.8, 4) is 0 Å². The van der Waals surface area contributed by atoms with Gasteiger partial charge < -0.3 is 9.80 Å². The third-order valence-corrected chi connectivity index (χ3v) is 4.76. The maximum absolute atomic E-state index is 12.8. The minimum Gasteiger partial charge on any atom is -0.368 e. The van der Waals surface area contributed by atoms with Gasteiger partial charge in [-0.05, 0) is 32.0 Å². The van der Waals surface area contributed by atoms with Gasteiger partial charge in [0, 0.05) is 49.1 Å². The largest absolute Gasteiger partial charge is 0.368 e. The number of carbonyl (C=O) groups is 1. The number of nitrogens with zero attached hydrogens (tertiary/aromatic N) is 5. The van der Waals surface area contributed by atoms with Crippen LogP contribution in [0.1, 0.15) is 21.7 Å². The normalized spacial score (nSPS) is 15.0. The lowest BCUT2D eigenvalue weighted by atomic mass is 10.1. The molecule has 0 atom stereocenters. The smallest absolute Gasteiger partial charge is 0.257 e. The predicted octanol–water partition coefficient (Wildman–Crippen LogP) is 1.93. The van der Waals surface area contributed by atoms with E-state index in [-0.39, 0.29) is 5.91 Å². The molecule has 3 aromatic rings. The van der Waals surface area contributed by atoms with Crippen LogP contribution in [-0.2, 0) is 0 Å². The van der Waals surface area contributed by atoms with Gasteiger partial charge in [-0.2, -0.15) is 5.10 Å². The molecular weight excluding hydrogens is 316 g/mol. The lowest BCUT2D eigenvalue weighted by Crippen LogP contribution is -2.49. The fourth-order valence-electron chi connectivity index (χ4n) is 3.36. The molecule has 1 fully saturated rings. The summed E-state index contributed by atoms with van der Waals surface area (Å²) in [6, 6.07) is 6.20. The van der Waals surface area contributed by atoms with Gasteiger partial charge >= 0.3 is 0 Å². The van der Waals surface area contributed by atoms with Crippen molar-refractivity contribution in [1.82, 2.24) is 25.1 Å². The molecule has 0 bridgehead atoms. The zero-order chi connectivity index (χ0) is 17.4. The van der Waals surface area contributed by atoms with Crippen molar-refractivity contribution in [2.75, 3.05) is 31.1 Å². The Bertz CT molecular complexity index is 907. The Hall–Kier alpha value is -2.96. The second kappa shape index (κ2) is 6.16. The molecule has 3 heterocycles. The first kappa shape index (κ1) is 15.6. The number of nitrogens with one attached hydrogen (secondary N) is 1. The van der Waals surface area contributed by atoms with Gasteiger partial charge in [0.15, 0.2) is 0 Å². The highest BCUT2D eigenvalue weighted by Crippen LogP contribution is 2.22. The second-order valence-electron chi connectivity index (χ2n) is 6.35. The highest BCUT2D eigenvalue weighted by molar-refractivity contribution is 5.96. The lowest BCUT2D eigenvalue weighted by Gasteiger charge is -2.36. The van der Waals surface area contributed by atoms with E-state index in [4.69, 9.17) is 0 Å². The molecule has 0 saturated carbocycles. The molecule has 1 saturated heterocycles. The number of anilines is 1. The molecular formula is C18H20N6O. The number of aromatic amines is 1. The maximum Gasteiger partial charge on any atom is 0.257 e. The number of carbonyl (C=O) groups excluding carboxylic acids is 1. The zero-order valence-electron chi connectivity index (χ0n) is 14.4. The molecule has 0 radical (unpaired) electrons. The minimum atomic E-state index is 0.0651. The summed E-state index contributed by atoms with van der Waals surface area (Å²) >= 11 is 0. The third-order valence-electron chi connectivity index (χ3n) is 4.76. The number of aromatic nitrogens is 4. The van der Waals surface area contributed by atoms with Gasteiger partial charge in [-0.15, -0.1) is 0 Å². The van der Waals surface area contributed by atoms with Crippen molar-refractivity contribution in [2.24, 2.45) is 0 Å². The van der Waals surface area contributed by atoms with E-state index in [9.17, 15) is 4.79 Å². The van der Waals surface area contributed by atoms with Crippen molar-refractivity contribution >= 4 is 22.5 Å². The van der Waals surface area contributed by atoms with Crippen LogP contribution in [0.3, 0.4) is 0 Å². The first-order valence-corrected chi connectivity index (χ1v) is 8.39. The van der Waals surface area contributed by atoms with Gasteiger partial charge in [0.05, 0.1) is 16.8 Å². The Morgan fingerprint density at radius 2 is 1.96 bits per heavy atom. The van der Waals surface area contributed by atoms with Crippen LogP contribution >= 0.6 is 0 Å². The minimum absolute atomic E-state index is 0.0651. The van der Waals surface area contributed by atoms with Crippen molar-refractivity contribution in [2.45, 2.75) is 13.8 Å².